The molecule has 0 bridgehead atoms. The van der Waals surface area contributed by atoms with Gasteiger partial charge in [0, 0.05) is 43.7 Å². The summed E-state index contributed by atoms with van der Waals surface area (Å²) >= 11 is 0. The molecule has 1 saturated heterocycles. The molecule has 30 heavy (non-hydrogen) atoms. The molecule has 1 heterocycles. The Morgan fingerprint density at radius 3 is 2.43 bits per heavy atom. The molecule has 1 aliphatic rings. The van der Waals surface area contributed by atoms with Crippen LogP contribution >= 0.6 is 0 Å². The summed E-state index contributed by atoms with van der Waals surface area (Å²) < 4.78 is 27.6. The summed E-state index contributed by atoms with van der Waals surface area (Å²) in [5, 5.41) is 0. The highest BCUT2D eigenvalue weighted by Gasteiger charge is 2.30. The predicted molar refractivity (Wildman–Crippen MR) is 117 cm³/mol. The first-order chi connectivity index (χ1) is 14.4. The number of piperidine rings is 1. The van der Waals surface area contributed by atoms with Gasteiger partial charge in [0.05, 0.1) is 0 Å². The van der Waals surface area contributed by atoms with Crippen LogP contribution in [0.2, 0.25) is 0 Å². The van der Waals surface area contributed by atoms with E-state index in [2.05, 4.69) is 11.8 Å². The van der Waals surface area contributed by atoms with Gasteiger partial charge in [-0.15, -0.1) is 0 Å². The van der Waals surface area contributed by atoms with Gasteiger partial charge in [-0.3, -0.25) is 4.79 Å². The van der Waals surface area contributed by atoms with Crippen molar-refractivity contribution in [3.8, 4) is 0 Å². The van der Waals surface area contributed by atoms with Gasteiger partial charge in [-0.25, -0.2) is 8.78 Å². The third-order valence-corrected chi connectivity index (χ3v) is 5.90. The maximum Gasteiger partial charge on any atom is 0.270 e. The number of nitrogens with zero attached hydrogens (tertiary/aromatic N) is 2. The monoisotopic (exact) mass is 414 g/mol. The van der Waals surface area contributed by atoms with Crippen molar-refractivity contribution in [2.45, 2.75) is 58.0 Å². The van der Waals surface area contributed by atoms with Gasteiger partial charge >= 0.3 is 0 Å². The predicted octanol–water partition coefficient (Wildman–Crippen LogP) is 5.71. The average Bonchev–Trinajstić information content (AvgIpc) is 2.76. The van der Waals surface area contributed by atoms with Gasteiger partial charge in [0.15, 0.2) is 0 Å². The lowest BCUT2D eigenvalue weighted by atomic mass is 9.99. The topological polar surface area (TPSA) is 23.6 Å². The second kappa shape index (κ2) is 10.2. The molecular weight excluding hydrogens is 382 g/mol. The molecular formula is C25H32F2N2O. The van der Waals surface area contributed by atoms with E-state index in [1.165, 1.54) is 25.0 Å². The molecule has 3 nitrogen and oxygen atoms in total. The van der Waals surface area contributed by atoms with Crippen LogP contribution in [0.4, 0.5) is 8.78 Å². The second-order valence-electron chi connectivity index (χ2n) is 8.31. The van der Waals surface area contributed by atoms with Crippen LogP contribution in [-0.4, -0.2) is 41.4 Å². The number of carbonyl (C=O) groups is 1. The normalized spacial score (nSPS) is 15.9. The summed E-state index contributed by atoms with van der Waals surface area (Å²) in [4.78, 5) is 17.8. The van der Waals surface area contributed by atoms with Crippen molar-refractivity contribution in [2.24, 2.45) is 0 Å². The number of hydrogen-bond acceptors (Lipinski definition) is 2. The van der Waals surface area contributed by atoms with Crippen molar-refractivity contribution in [3.63, 3.8) is 0 Å². The first kappa shape index (κ1) is 22.4. The Kier molecular flexibility index (Phi) is 7.59. The van der Waals surface area contributed by atoms with Crippen LogP contribution in [0.15, 0.2) is 54.6 Å². The zero-order chi connectivity index (χ0) is 21.6. The molecule has 2 aromatic carbocycles. The second-order valence-corrected chi connectivity index (χ2v) is 8.31. The molecule has 0 spiro atoms. The van der Waals surface area contributed by atoms with Crippen LogP contribution in [0.5, 0.6) is 0 Å². The molecule has 0 aromatic heterocycles. The van der Waals surface area contributed by atoms with Crippen molar-refractivity contribution in [2.75, 3.05) is 19.6 Å². The molecule has 1 amide bonds. The van der Waals surface area contributed by atoms with E-state index in [9.17, 15) is 13.6 Å². The zero-order valence-electron chi connectivity index (χ0n) is 18.0. The summed E-state index contributed by atoms with van der Waals surface area (Å²) in [5.41, 5.74) is 1.26. The molecule has 0 saturated carbocycles. The van der Waals surface area contributed by atoms with E-state index in [1.807, 2.05) is 35.2 Å². The number of halogens is 2. The van der Waals surface area contributed by atoms with E-state index in [1.54, 1.807) is 12.1 Å². The van der Waals surface area contributed by atoms with Crippen LogP contribution < -0.4 is 0 Å². The number of likely N-dealkylation sites (tertiary alicyclic amines) is 1. The van der Waals surface area contributed by atoms with Crippen LogP contribution in [0, 0.1) is 0 Å². The van der Waals surface area contributed by atoms with Gasteiger partial charge in [0.25, 0.3) is 11.8 Å². The van der Waals surface area contributed by atoms with Crippen molar-refractivity contribution in [3.05, 3.63) is 71.3 Å². The van der Waals surface area contributed by atoms with E-state index in [-0.39, 0.29) is 17.5 Å². The van der Waals surface area contributed by atoms with Crippen molar-refractivity contribution in [1.82, 2.24) is 9.80 Å². The summed E-state index contributed by atoms with van der Waals surface area (Å²) in [7, 11) is 0. The fraction of sp³-hybridized carbons (Fsp3) is 0.480. The maximum atomic E-state index is 13.8. The van der Waals surface area contributed by atoms with Crippen molar-refractivity contribution < 1.29 is 13.6 Å². The standard InChI is InChI=1S/C25H32F2N2O/c1-3-4-15-28-16-13-23(14-17-28)29(19-20-9-6-5-7-10-20)24(30)21-11-8-12-22(18-21)25(2,26)27/h5-12,18,23H,3-4,13-17,19H2,1-2H3. The van der Waals surface area contributed by atoms with Gasteiger partial charge in [0.1, 0.15) is 0 Å². The van der Waals surface area contributed by atoms with Gasteiger partial charge in [-0.2, -0.15) is 0 Å². The summed E-state index contributed by atoms with van der Waals surface area (Å²) in [6.07, 6.45) is 4.18. The smallest absolute Gasteiger partial charge is 0.270 e. The first-order valence-electron chi connectivity index (χ1n) is 10.9. The molecule has 1 aliphatic heterocycles. The minimum Gasteiger partial charge on any atom is -0.331 e. The fourth-order valence-corrected chi connectivity index (χ4v) is 4.07. The molecule has 1 fully saturated rings. The van der Waals surface area contributed by atoms with Gasteiger partial charge < -0.3 is 9.80 Å². The quantitative estimate of drug-likeness (QED) is 0.553. The molecule has 0 aliphatic carbocycles. The van der Waals surface area contributed by atoms with Gasteiger partial charge in [-0.05, 0) is 43.5 Å². The number of hydrogen-bond donors (Lipinski definition) is 0. The molecule has 0 atom stereocenters. The van der Waals surface area contributed by atoms with Crippen LogP contribution in [0.1, 0.15) is 61.0 Å². The molecule has 3 rings (SSSR count). The summed E-state index contributed by atoms with van der Waals surface area (Å²) in [6.45, 7) is 6.59. The largest absolute Gasteiger partial charge is 0.331 e. The van der Waals surface area contributed by atoms with Crippen molar-refractivity contribution >= 4 is 5.91 Å². The number of rotatable bonds is 8. The Morgan fingerprint density at radius 1 is 1.10 bits per heavy atom. The molecule has 0 N–H and O–H groups in total. The van der Waals surface area contributed by atoms with E-state index >= 15 is 0 Å². The van der Waals surface area contributed by atoms with E-state index < -0.39 is 5.92 Å². The Bertz CT molecular complexity index is 811. The van der Waals surface area contributed by atoms with E-state index in [0.717, 1.165) is 45.0 Å². The van der Waals surface area contributed by atoms with Gasteiger partial charge in [-0.1, -0.05) is 55.8 Å². The number of amides is 1. The SMILES string of the molecule is CCCCN1CCC(N(Cc2ccccc2)C(=O)c2cccc(C(C)(F)F)c2)CC1. The zero-order valence-corrected chi connectivity index (χ0v) is 18.0. The van der Waals surface area contributed by atoms with E-state index in [4.69, 9.17) is 0 Å². The van der Waals surface area contributed by atoms with Crippen LogP contribution in [-0.2, 0) is 12.5 Å². The lowest BCUT2D eigenvalue weighted by Crippen LogP contribution is -2.47. The van der Waals surface area contributed by atoms with Crippen LogP contribution in [0.3, 0.4) is 0 Å². The highest BCUT2D eigenvalue weighted by atomic mass is 19.3. The highest BCUT2D eigenvalue weighted by molar-refractivity contribution is 5.94. The highest BCUT2D eigenvalue weighted by Crippen LogP contribution is 2.28. The fourth-order valence-electron chi connectivity index (χ4n) is 4.07. The Labute approximate surface area is 178 Å². The third kappa shape index (κ3) is 5.88. The third-order valence-electron chi connectivity index (χ3n) is 5.90. The maximum absolute atomic E-state index is 13.8. The van der Waals surface area contributed by atoms with Gasteiger partial charge in [0.2, 0.25) is 0 Å². The summed E-state index contributed by atoms with van der Waals surface area (Å²) in [5.74, 6) is -3.14. The number of alkyl halides is 2. The van der Waals surface area contributed by atoms with Crippen LogP contribution in [0.25, 0.3) is 0 Å². The number of benzene rings is 2. The Balaban J connectivity index is 1.80. The van der Waals surface area contributed by atoms with Crippen molar-refractivity contribution in [1.29, 1.82) is 0 Å². The first-order valence-corrected chi connectivity index (χ1v) is 10.9. The molecule has 162 valence electrons. The molecule has 5 heteroatoms. The molecule has 2 aromatic rings. The average molecular weight is 415 g/mol. The lowest BCUT2D eigenvalue weighted by Gasteiger charge is -2.39. The Hall–Kier alpha value is -2.27. The minimum atomic E-state index is -2.97. The van der Waals surface area contributed by atoms with E-state index in [0.29, 0.717) is 12.1 Å². The number of carbonyl (C=O) groups excluding carboxylic acids is 1. The Morgan fingerprint density at radius 2 is 1.80 bits per heavy atom. The molecule has 0 radical (unpaired) electrons. The summed E-state index contributed by atoms with van der Waals surface area (Å²) in [6, 6.07) is 15.9. The molecule has 0 unspecified atom stereocenters. The minimum absolute atomic E-state index is 0.112. The number of unbranched alkanes of at least 4 members (excludes halogenated alkanes) is 1. The lowest BCUT2D eigenvalue weighted by molar-refractivity contribution is 0.0173.